The predicted octanol–water partition coefficient (Wildman–Crippen LogP) is 3.04. The SMILES string of the molecule is CCCOc1cccc(CCNC(=NCCOC)NCCc2ccco2)c1. The molecule has 0 saturated heterocycles. The first-order valence-electron chi connectivity index (χ1n) is 9.57. The van der Waals surface area contributed by atoms with Gasteiger partial charge in [0, 0.05) is 26.6 Å². The molecule has 2 rings (SSSR count). The minimum absolute atomic E-state index is 0.599. The van der Waals surface area contributed by atoms with Crippen molar-refractivity contribution < 1.29 is 13.9 Å². The first-order chi connectivity index (χ1) is 13.3. The molecule has 148 valence electrons. The third-order valence-corrected chi connectivity index (χ3v) is 3.89. The van der Waals surface area contributed by atoms with Crippen LogP contribution >= 0.6 is 0 Å². The quantitative estimate of drug-likeness (QED) is 0.340. The third kappa shape index (κ3) is 8.64. The second-order valence-electron chi connectivity index (χ2n) is 6.15. The molecule has 1 aromatic heterocycles. The summed E-state index contributed by atoms with van der Waals surface area (Å²) in [6.07, 6.45) is 4.41. The standard InChI is InChI=1S/C21H31N3O3/c1-3-14-26-20-7-4-6-18(17-20)9-11-22-21(24-13-16-25-2)23-12-10-19-8-5-15-27-19/h4-8,15,17H,3,9-14,16H2,1-2H3,(H2,22,23,24). The van der Waals surface area contributed by atoms with Gasteiger partial charge >= 0.3 is 0 Å². The summed E-state index contributed by atoms with van der Waals surface area (Å²) in [4.78, 5) is 4.54. The molecule has 0 bridgehead atoms. The molecule has 6 heteroatoms. The van der Waals surface area contributed by atoms with Crippen LogP contribution < -0.4 is 15.4 Å². The monoisotopic (exact) mass is 373 g/mol. The Kier molecular flexibility index (Phi) is 9.89. The first kappa shape index (κ1) is 20.8. The minimum Gasteiger partial charge on any atom is -0.494 e. The molecule has 1 heterocycles. The van der Waals surface area contributed by atoms with Crippen molar-refractivity contribution in [1.29, 1.82) is 0 Å². The van der Waals surface area contributed by atoms with Gasteiger partial charge in [-0.25, -0.2) is 0 Å². The molecule has 6 nitrogen and oxygen atoms in total. The average molecular weight is 373 g/mol. The normalized spacial score (nSPS) is 11.4. The van der Waals surface area contributed by atoms with Gasteiger partial charge in [-0.15, -0.1) is 0 Å². The minimum atomic E-state index is 0.599. The Balaban J connectivity index is 1.78. The van der Waals surface area contributed by atoms with Crippen LogP contribution in [0.4, 0.5) is 0 Å². The number of furan rings is 1. The number of nitrogens with one attached hydrogen (secondary N) is 2. The van der Waals surface area contributed by atoms with Crippen LogP contribution in [-0.4, -0.2) is 45.9 Å². The van der Waals surface area contributed by atoms with Crippen molar-refractivity contribution in [2.75, 3.05) is 40.0 Å². The van der Waals surface area contributed by atoms with Crippen LogP contribution in [0.5, 0.6) is 5.75 Å². The number of aliphatic imine (C=N–C) groups is 1. The molecule has 0 fully saturated rings. The molecular weight excluding hydrogens is 342 g/mol. The number of benzene rings is 1. The molecule has 1 aromatic carbocycles. The Morgan fingerprint density at radius 3 is 2.67 bits per heavy atom. The van der Waals surface area contributed by atoms with Gasteiger partial charge in [-0.2, -0.15) is 0 Å². The molecule has 0 radical (unpaired) electrons. The van der Waals surface area contributed by atoms with Crippen molar-refractivity contribution >= 4 is 5.96 Å². The fraction of sp³-hybridized carbons (Fsp3) is 0.476. The molecule has 0 aliphatic carbocycles. The van der Waals surface area contributed by atoms with E-state index in [2.05, 4.69) is 34.7 Å². The van der Waals surface area contributed by atoms with E-state index in [1.165, 1.54) is 5.56 Å². The zero-order chi connectivity index (χ0) is 19.2. The number of hydrogen-bond acceptors (Lipinski definition) is 4. The van der Waals surface area contributed by atoms with Gasteiger partial charge in [-0.3, -0.25) is 4.99 Å². The Bertz CT molecular complexity index is 656. The van der Waals surface area contributed by atoms with Crippen LogP contribution in [0, 0.1) is 0 Å². The summed E-state index contributed by atoms with van der Waals surface area (Å²) in [5.41, 5.74) is 1.24. The van der Waals surface area contributed by atoms with E-state index in [9.17, 15) is 0 Å². The average Bonchev–Trinajstić information content (AvgIpc) is 3.20. The van der Waals surface area contributed by atoms with E-state index in [1.807, 2.05) is 24.3 Å². The molecule has 0 saturated carbocycles. The topological polar surface area (TPSA) is 68.0 Å². The lowest BCUT2D eigenvalue weighted by atomic mass is 10.1. The van der Waals surface area contributed by atoms with E-state index in [1.54, 1.807) is 13.4 Å². The smallest absolute Gasteiger partial charge is 0.191 e. The Morgan fingerprint density at radius 1 is 1.07 bits per heavy atom. The molecule has 0 atom stereocenters. The highest BCUT2D eigenvalue weighted by Crippen LogP contribution is 2.13. The highest BCUT2D eigenvalue weighted by atomic mass is 16.5. The van der Waals surface area contributed by atoms with Crippen LogP contribution in [-0.2, 0) is 17.6 Å². The van der Waals surface area contributed by atoms with Gasteiger partial charge in [0.25, 0.3) is 0 Å². The van der Waals surface area contributed by atoms with Crippen molar-refractivity contribution in [3.05, 3.63) is 54.0 Å². The molecule has 2 aromatic rings. The second-order valence-corrected chi connectivity index (χ2v) is 6.15. The maximum atomic E-state index is 5.70. The molecule has 0 aliphatic heterocycles. The van der Waals surface area contributed by atoms with Gasteiger partial charge in [0.2, 0.25) is 0 Å². The van der Waals surface area contributed by atoms with E-state index < -0.39 is 0 Å². The molecule has 0 spiro atoms. The van der Waals surface area contributed by atoms with E-state index >= 15 is 0 Å². The van der Waals surface area contributed by atoms with Crippen molar-refractivity contribution in [3.8, 4) is 5.75 Å². The van der Waals surface area contributed by atoms with Crippen molar-refractivity contribution in [3.63, 3.8) is 0 Å². The van der Waals surface area contributed by atoms with Gasteiger partial charge in [-0.05, 0) is 42.7 Å². The van der Waals surface area contributed by atoms with Crippen LogP contribution in [0.3, 0.4) is 0 Å². The maximum Gasteiger partial charge on any atom is 0.191 e. The van der Waals surface area contributed by atoms with E-state index in [-0.39, 0.29) is 0 Å². The highest BCUT2D eigenvalue weighted by molar-refractivity contribution is 5.79. The zero-order valence-electron chi connectivity index (χ0n) is 16.4. The van der Waals surface area contributed by atoms with Crippen molar-refractivity contribution in [2.24, 2.45) is 4.99 Å². The Hall–Kier alpha value is -2.47. The van der Waals surface area contributed by atoms with E-state index in [0.717, 1.165) is 56.4 Å². The van der Waals surface area contributed by atoms with Gasteiger partial charge < -0.3 is 24.5 Å². The molecule has 2 N–H and O–H groups in total. The molecule has 27 heavy (non-hydrogen) atoms. The number of ether oxygens (including phenoxy) is 2. The Labute approximate surface area is 162 Å². The van der Waals surface area contributed by atoms with Gasteiger partial charge in [-0.1, -0.05) is 19.1 Å². The van der Waals surface area contributed by atoms with E-state index in [0.29, 0.717) is 13.2 Å². The van der Waals surface area contributed by atoms with Crippen LogP contribution in [0.15, 0.2) is 52.1 Å². The first-order valence-corrected chi connectivity index (χ1v) is 9.57. The summed E-state index contributed by atoms with van der Waals surface area (Å²) < 4.78 is 16.1. The zero-order valence-corrected chi connectivity index (χ0v) is 16.4. The molecule has 0 amide bonds. The van der Waals surface area contributed by atoms with Gasteiger partial charge in [0.1, 0.15) is 11.5 Å². The number of hydrogen-bond donors (Lipinski definition) is 2. The number of methoxy groups -OCH3 is 1. The fourth-order valence-corrected chi connectivity index (χ4v) is 2.52. The number of guanidine groups is 1. The number of rotatable bonds is 12. The van der Waals surface area contributed by atoms with Gasteiger partial charge in [0.05, 0.1) is 26.0 Å². The lowest BCUT2D eigenvalue weighted by Gasteiger charge is -2.13. The number of nitrogens with zero attached hydrogens (tertiary/aromatic N) is 1. The largest absolute Gasteiger partial charge is 0.494 e. The predicted molar refractivity (Wildman–Crippen MR) is 109 cm³/mol. The van der Waals surface area contributed by atoms with Crippen LogP contribution in [0.25, 0.3) is 0 Å². The van der Waals surface area contributed by atoms with Gasteiger partial charge in [0.15, 0.2) is 5.96 Å². The lowest BCUT2D eigenvalue weighted by Crippen LogP contribution is -2.39. The summed E-state index contributed by atoms with van der Waals surface area (Å²) in [6.45, 7) is 5.62. The van der Waals surface area contributed by atoms with Crippen molar-refractivity contribution in [2.45, 2.75) is 26.2 Å². The Morgan fingerprint density at radius 2 is 1.93 bits per heavy atom. The summed E-state index contributed by atoms with van der Waals surface area (Å²) in [6, 6.07) is 12.1. The summed E-state index contributed by atoms with van der Waals surface area (Å²) >= 11 is 0. The summed E-state index contributed by atoms with van der Waals surface area (Å²) in [5, 5.41) is 6.72. The fourth-order valence-electron chi connectivity index (χ4n) is 2.52. The third-order valence-electron chi connectivity index (χ3n) is 3.89. The molecule has 0 aliphatic rings. The van der Waals surface area contributed by atoms with Crippen LogP contribution in [0.1, 0.15) is 24.7 Å². The molecular formula is C21H31N3O3. The summed E-state index contributed by atoms with van der Waals surface area (Å²) in [5.74, 6) is 2.68. The molecule has 0 unspecified atom stereocenters. The maximum absolute atomic E-state index is 5.70. The lowest BCUT2D eigenvalue weighted by molar-refractivity contribution is 0.208. The van der Waals surface area contributed by atoms with Crippen LogP contribution in [0.2, 0.25) is 0 Å². The second kappa shape index (κ2) is 12.8. The highest BCUT2D eigenvalue weighted by Gasteiger charge is 2.02. The van der Waals surface area contributed by atoms with Crippen molar-refractivity contribution in [1.82, 2.24) is 10.6 Å². The van der Waals surface area contributed by atoms with E-state index in [4.69, 9.17) is 13.9 Å². The summed E-state index contributed by atoms with van der Waals surface area (Å²) in [7, 11) is 1.68.